The zero-order chi connectivity index (χ0) is 14.2. The highest BCUT2D eigenvalue weighted by Gasteiger charge is 2.19. The van der Waals surface area contributed by atoms with E-state index in [1.807, 2.05) is 0 Å². The average molecular weight is 270 g/mol. The maximum absolute atomic E-state index is 2.30. The summed E-state index contributed by atoms with van der Waals surface area (Å²) in [7, 11) is 0. The Labute approximate surface area is 124 Å². The van der Waals surface area contributed by atoms with Gasteiger partial charge in [-0.1, -0.05) is 36.4 Å². The zero-order valence-electron chi connectivity index (χ0n) is 12.0. The molecule has 0 unspecified atom stereocenters. The number of benzene rings is 2. The van der Waals surface area contributed by atoms with Gasteiger partial charge in [0.2, 0.25) is 11.2 Å². The van der Waals surface area contributed by atoms with Crippen LogP contribution in [0.25, 0.3) is 27.5 Å². The van der Waals surface area contributed by atoms with E-state index in [1.165, 1.54) is 33.1 Å². The zero-order valence-corrected chi connectivity index (χ0v) is 12.0. The molecule has 0 spiro atoms. The van der Waals surface area contributed by atoms with Crippen molar-refractivity contribution in [2.45, 2.75) is 6.92 Å². The number of hydrogen-bond donors (Lipinski definition) is 0. The molecule has 21 heavy (non-hydrogen) atoms. The number of pyridine rings is 2. The van der Waals surface area contributed by atoms with Gasteiger partial charge >= 0.3 is 0 Å². The van der Waals surface area contributed by atoms with Crippen molar-refractivity contribution in [3.05, 3.63) is 84.6 Å². The third-order valence-corrected chi connectivity index (χ3v) is 4.11. The normalized spacial score (nSPS) is 11.1. The van der Waals surface area contributed by atoms with Crippen LogP contribution in [0.15, 0.2) is 79.0 Å². The highest BCUT2D eigenvalue weighted by molar-refractivity contribution is 5.98. The molecule has 1 nitrogen and oxygen atoms in total. The van der Waals surface area contributed by atoms with E-state index < -0.39 is 0 Å². The van der Waals surface area contributed by atoms with Crippen LogP contribution in [0.4, 0.5) is 0 Å². The van der Waals surface area contributed by atoms with Crippen LogP contribution in [0.1, 0.15) is 5.56 Å². The topological polar surface area (TPSA) is 4.10 Å². The summed E-state index contributed by atoms with van der Waals surface area (Å²) in [5.74, 6) is 0. The highest BCUT2D eigenvalue weighted by Crippen LogP contribution is 2.28. The van der Waals surface area contributed by atoms with Crippen LogP contribution in [-0.4, -0.2) is 0 Å². The molecule has 1 heteroatoms. The van der Waals surface area contributed by atoms with Crippen LogP contribution in [-0.2, 0) is 0 Å². The number of hydrogen-bond acceptors (Lipinski definition) is 0. The fraction of sp³-hybridized carbons (Fsp3) is 0.0500. The molecule has 0 saturated carbocycles. The first kappa shape index (κ1) is 12.1. The average Bonchev–Trinajstić information content (AvgIpc) is 2.56. The molecular weight excluding hydrogens is 254 g/mol. The fourth-order valence-electron chi connectivity index (χ4n) is 3.15. The summed E-state index contributed by atoms with van der Waals surface area (Å²) in [6.07, 6.45) is 2.15. The minimum atomic E-state index is 1.25. The van der Waals surface area contributed by atoms with E-state index in [2.05, 4.69) is 90.3 Å². The van der Waals surface area contributed by atoms with Crippen molar-refractivity contribution < 1.29 is 4.40 Å². The van der Waals surface area contributed by atoms with Crippen LogP contribution in [0.2, 0.25) is 0 Å². The predicted molar refractivity (Wildman–Crippen MR) is 87.3 cm³/mol. The summed E-state index contributed by atoms with van der Waals surface area (Å²) in [5.41, 5.74) is 5.09. The second kappa shape index (κ2) is 4.71. The Balaban J connectivity index is 2.26. The molecule has 100 valence electrons. The van der Waals surface area contributed by atoms with E-state index in [0.29, 0.717) is 0 Å². The molecule has 0 fully saturated rings. The predicted octanol–water partition coefficient (Wildman–Crippen LogP) is 4.55. The van der Waals surface area contributed by atoms with E-state index in [9.17, 15) is 0 Å². The molecule has 0 aliphatic rings. The van der Waals surface area contributed by atoms with E-state index in [0.717, 1.165) is 0 Å². The van der Waals surface area contributed by atoms with Gasteiger partial charge in [0.15, 0.2) is 6.20 Å². The van der Waals surface area contributed by atoms with E-state index in [1.54, 1.807) is 0 Å². The van der Waals surface area contributed by atoms with Crippen molar-refractivity contribution in [2.75, 3.05) is 0 Å². The van der Waals surface area contributed by atoms with Gasteiger partial charge in [-0.3, -0.25) is 0 Å². The lowest BCUT2D eigenvalue weighted by Crippen LogP contribution is -2.26. The van der Waals surface area contributed by atoms with Gasteiger partial charge < -0.3 is 0 Å². The molecule has 4 aromatic rings. The van der Waals surface area contributed by atoms with Gasteiger partial charge in [-0.2, -0.15) is 4.40 Å². The Bertz CT molecular complexity index is 940. The van der Waals surface area contributed by atoms with E-state index in [-0.39, 0.29) is 0 Å². The van der Waals surface area contributed by atoms with Gasteiger partial charge in [0.1, 0.15) is 0 Å². The number of rotatable bonds is 1. The molecule has 0 aliphatic carbocycles. The van der Waals surface area contributed by atoms with Crippen molar-refractivity contribution in [3.63, 3.8) is 0 Å². The monoisotopic (exact) mass is 270 g/mol. The van der Waals surface area contributed by atoms with Crippen molar-refractivity contribution in [1.29, 1.82) is 0 Å². The lowest BCUT2D eigenvalue weighted by atomic mass is 9.99. The number of nitrogens with zero attached hydrogens (tertiary/aromatic N) is 1. The molecule has 2 heterocycles. The number of fused-ring (bicyclic) bond motifs is 3. The Morgan fingerprint density at radius 3 is 2.14 bits per heavy atom. The van der Waals surface area contributed by atoms with Crippen LogP contribution in [0, 0.1) is 6.92 Å². The van der Waals surface area contributed by atoms with Crippen LogP contribution in [0.5, 0.6) is 0 Å². The maximum Gasteiger partial charge on any atom is 0.221 e. The molecule has 0 bridgehead atoms. The first-order valence-corrected chi connectivity index (χ1v) is 7.23. The first-order valence-electron chi connectivity index (χ1n) is 7.23. The number of aromatic nitrogens is 1. The Kier molecular flexibility index (Phi) is 2.71. The molecule has 0 amide bonds. The largest absolute Gasteiger partial charge is 0.221 e. The molecular formula is C20H16N+. The fourth-order valence-corrected chi connectivity index (χ4v) is 3.15. The lowest BCUT2D eigenvalue weighted by Gasteiger charge is -2.08. The standard InChI is InChI=1S/C20H16N/c1-15-17-11-5-6-12-18(17)19-13-7-8-14-21(19)20(15)16-9-3-2-4-10-16/h2-14H,1H3/q+1. The van der Waals surface area contributed by atoms with Gasteiger partial charge in [0.05, 0.1) is 5.39 Å². The van der Waals surface area contributed by atoms with Crippen molar-refractivity contribution in [3.8, 4) is 11.3 Å². The third kappa shape index (κ3) is 1.82. The second-order valence-electron chi connectivity index (χ2n) is 5.34. The summed E-state index contributed by atoms with van der Waals surface area (Å²) in [5, 5.41) is 2.62. The van der Waals surface area contributed by atoms with Crippen molar-refractivity contribution in [2.24, 2.45) is 0 Å². The molecule has 0 radical (unpaired) electrons. The Morgan fingerprint density at radius 1 is 0.667 bits per heavy atom. The Hall–Kier alpha value is -2.67. The van der Waals surface area contributed by atoms with E-state index in [4.69, 9.17) is 0 Å². The van der Waals surface area contributed by atoms with Gasteiger partial charge in [-0.15, -0.1) is 0 Å². The van der Waals surface area contributed by atoms with Crippen molar-refractivity contribution in [1.82, 2.24) is 0 Å². The smallest absolute Gasteiger partial charge is 0.159 e. The van der Waals surface area contributed by atoms with Crippen LogP contribution < -0.4 is 4.40 Å². The third-order valence-electron chi connectivity index (χ3n) is 4.11. The van der Waals surface area contributed by atoms with Crippen LogP contribution >= 0.6 is 0 Å². The van der Waals surface area contributed by atoms with Crippen molar-refractivity contribution >= 4 is 16.3 Å². The minimum Gasteiger partial charge on any atom is -0.159 e. The lowest BCUT2D eigenvalue weighted by molar-refractivity contribution is -0.498. The van der Waals surface area contributed by atoms with E-state index >= 15 is 0 Å². The molecule has 0 saturated heterocycles. The molecule has 4 rings (SSSR count). The van der Waals surface area contributed by atoms with Gasteiger partial charge in [0.25, 0.3) is 0 Å². The molecule has 0 N–H and O–H groups in total. The molecule has 0 aliphatic heterocycles. The molecule has 0 atom stereocenters. The Morgan fingerprint density at radius 2 is 1.33 bits per heavy atom. The maximum atomic E-state index is 2.30. The quantitative estimate of drug-likeness (QED) is 0.353. The molecule has 2 aromatic heterocycles. The SMILES string of the molecule is Cc1c(-c2ccccc2)[n+]2ccccc2c2ccccc12. The minimum absolute atomic E-state index is 1.25. The van der Waals surface area contributed by atoms with Gasteiger partial charge in [0, 0.05) is 23.3 Å². The van der Waals surface area contributed by atoms with Gasteiger partial charge in [-0.25, -0.2) is 0 Å². The highest BCUT2D eigenvalue weighted by atomic mass is 14.9. The summed E-state index contributed by atoms with van der Waals surface area (Å²) < 4.78 is 2.30. The summed E-state index contributed by atoms with van der Waals surface area (Å²) in [6, 6.07) is 25.6. The summed E-state index contributed by atoms with van der Waals surface area (Å²) in [4.78, 5) is 0. The molecule has 2 aromatic carbocycles. The number of aryl methyl sites for hydroxylation is 1. The first-order chi connectivity index (χ1) is 10.4. The summed E-state index contributed by atoms with van der Waals surface area (Å²) in [6.45, 7) is 2.21. The summed E-state index contributed by atoms with van der Waals surface area (Å²) >= 11 is 0. The second-order valence-corrected chi connectivity index (χ2v) is 5.34. The van der Waals surface area contributed by atoms with Gasteiger partial charge in [-0.05, 0) is 36.6 Å². The van der Waals surface area contributed by atoms with Crippen LogP contribution in [0.3, 0.4) is 0 Å².